The molecule has 1 aromatic rings. The smallest absolute Gasteiger partial charge is 0.433 e. The lowest BCUT2D eigenvalue weighted by Gasteiger charge is -2.23. The maximum Gasteiger partial charge on any atom is 0.433 e. The zero-order valence-corrected chi connectivity index (χ0v) is 11.6. The molecule has 0 bridgehead atoms. The first-order valence-electron chi connectivity index (χ1n) is 6.06. The number of aromatic nitrogens is 1. The van der Waals surface area contributed by atoms with Gasteiger partial charge in [0.15, 0.2) is 0 Å². The maximum atomic E-state index is 12.7. The molecule has 0 aromatic carbocycles. The van der Waals surface area contributed by atoms with E-state index < -0.39 is 23.4 Å². The van der Waals surface area contributed by atoms with Crippen LogP contribution in [0.5, 0.6) is 5.88 Å². The van der Waals surface area contributed by atoms with Crippen molar-refractivity contribution in [3.8, 4) is 5.88 Å². The van der Waals surface area contributed by atoms with E-state index in [4.69, 9.17) is 9.84 Å². The standard InChI is InChI=1S/C12H13F3N2O3.ClH/c13-12(14,15)9-5-7(11(18)19)6-10(17-9)20-8-1-3-16-4-2-8;/h5-6,8,16H,1-4H2,(H,18,19);1H. The molecular formula is C12H14ClF3N2O3. The number of carbonyl (C=O) groups is 1. The van der Waals surface area contributed by atoms with Gasteiger partial charge in [0, 0.05) is 6.07 Å². The average molecular weight is 327 g/mol. The minimum absolute atomic E-state index is 0. The molecular weight excluding hydrogens is 313 g/mol. The Morgan fingerprint density at radius 3 is 2.48 bits per heavy atom. The molecule has 5 nitrogen and oxygen atoms in total. The van der Waals surface area contributed by atoms with E-state index >= 15 is 0 Å². The molecule has 21 heavy (non-hydrogen) atoms. The molecule has 0 atom stereocenters. The average Bonchev–Trinajstić information content (AvgIpc) is 2.38. The Labute approximate surface area is 124 Å². The Kier molecular flexibility index (Phi) is 5.79. The molecule has 2 heterocycles. The summed E-state index contributed by atoms with van der Waals surface area (Å²) in [5.41, 5.74) is -1.75. The van der Waals surface area contributed by atoms with Gasteiger partial charge >= 0.3 is 12.1 Å². The summed E-state index contributed by atoms with van der Waals surface area (Å²) in [5.74, 6) is -1.75. The zero-order valence-electron chi connectivity index (χ0n) is 10.8. The number of hydrogen-bond donors (Lipinski definition) is 2. The molecule has 118 valence electrons. The van der Waals surface area contributed by atoms with Gasteiger partial charge in [-0.1, -0.05) is 0 Å². The van der Waals surface area contributed by atoms with Crippen molar-refractivity contribution < 1.29 is 27.8 Å². The quantitative estimate of drug-likeness (QED) is 0.892. The molecule has 0 unspecified atom stereocenters. The van der Waals surface area contributed by atoms with Crippen molar-refractivity contribution in [3.05, 3.63) is 23.4 Å². The first-order valence-corrected chi connectivity index (χ1v) is 6.06. The number of alkyl halides is 3. The summed E-state index contributed by atoms with van der Waals surface area (Å²) >= 11 is 0. The normalized spacial score (nSPS) is 16.1. The van der Waals surface area contributed by atoms with E-state index in [1.54, 1.807) is 0 Å². The van der Waals surface area contributed by atoms with Crippen LogP contribution in [-0.4, -0.2) is 35.3 Å². The summed E-state index contributed by atoms with van der Waals surface area (Å²) in [4.78, 5) is 14.2. The number of rotatable bonds is 3. The van der Waals surface area contributed by atoms with Crippen LogP contribution in [0.4, 0.5) is 13.2 Å². The molecule has 2 rings (SSSR count). The van der Waals surface area contributed by atoms with Gasteiger partial charge in [0.25, 0.3) is 0 Å². The van der Waals surface area contributed by atoms with Crippen LogP contribution in [0.3, 0.4) is 0 Å². The van der Waals surface area contributed by atoms with Crippen LogP contribution in [0, 0.1) is 0 Å². The minimum Gasteiger partial charge on any atom is -0.478 e. The van der Waals surface area contributed by atoms with Gasteiger partial charge in [-0.15, -0.1) is 12.4 Å². The van der Waals surface area contributed by atoms with Crippen LogP contribution in [-0.2, 0) is 6.18 Å². The second-order valence-electron chi connectivity index (χ2n) is 4.45. The lowest BCUT2D eigenvalue weighted by atomic mass is 10.1. The van der Waals surface area contributed by atoms with Crippen molar-refractivity contribution in [1.82, 2.24) is 10.3 Å². The lowest BCUT2D eigenvalue weighted by molar-refractivity contribution is -0.141. The predicted octanol–water partition coefficient (Wildman–Crippen LogP) is 2.35. The molecule has 0 aliphatic carbocycles. The van der Waals surface area contributed by atoms with Crippen molar-refractivity contribution in [3.63, 3.8) is 0 Å². The van der Waals surface area contributed by atoms with E-state index in [0.717, 1.165) is 6.07 Å². The molecule has 1 aliphatic rings. The lowest BCUT2D eigenvalue weighted by Crippen LogP contribution is -2.34. The van der Waals surface area contributed by atoms with E-state index in [9.17, 15) is 18.0 Å². The fourth-order valence-electron chi connectivity index (χ4n) is 1.92. The minimum atomic E-state index is -4.71. The Balaban J connectivity index is 0.00000220. The maximum absolute atomic E-state index is 12.7. The number of nitrogens with zero attached hydrogens (tertiary/aromatic N) is 1. The van der Waals surface area contributed by atoms with Crippen molar-refractivity contribution in [2.24, 2.45) is 0 Å². The van der Waals surface area contributed by atoms with Gasteiger partial charge in [0.05, 0.1) is 5.56 Å². The van der Waals surface area contributed by atoms with Crippen LogP contribution in [0.15, 0.2) is 12.1 Å². The van der Waals surface area contributed by atoms with Gasteiger partial charge < -0.3 is 15.2 Å². The van der Waals surface area contributed by atoms with E-state index in [-0.39, 0.29) is 24.4 Å². The molecule has 1 fully saturated rings. The van der Waals surface area contributed by atoms with Crippen LogP contribution in [0.2, 0.25) is 0 Å². The van der Waals surface area contributed by atoms with Crippen molar-refractivity contribution in [2.45, 2.75) is 25.1 Å². The largest absolute Gasteiger partial charge is 0.478 e. The van der Waals surface area contributed by atoms with Gasteiger partial charge in [-0.25, -0.2) is 9.78 Å². The molecule has 1 saturated heterocycles. The van der Waals surface area contributed by atoms with Crippen molar-refractivity contribution in [2.75, 3.05) is 13.1 Å². The number of aromatic carboxylic acids is 1. The number of halogens is 4. The second-order valence-corrected chi connectivity index (χ2v) is 4.45. The SMILES string of the molecule is Cl.O=C(O)c1cc(OC2CCNCC2)nc(C(F)(F)F)c1. The van der Waals surface area contributed by atoms with E-state index in [1.165, 1.54) is 0 Å². The molecule has 0 radical (unpaired) electrons. The first-order chi connectivity index (χ1) is 9.36. The van der Waals surface area contributed by atoms with Gasteiger partial charge in [0.1, 0.15) is 11.8 Å². The van der Waals surface area contributed by atoms with E-state index in [1.807, 2.05) is 0 Å². The number of piperidine rings is 1. The monoisotopic (exact) mass is 326 g/mol. The Morgan fingerprint density at radius 2 is 1.95 bits per heavy atom. The number of carboxylic acids is 1. The molecule has 1 aromatic heterocycles. The fourth-order valence-corrected chi connectivity index (χ4v) is 1.92. The van der Waals surface area contributed by atoms with E-state index in [0.29, 0.717) is 32.0 Å². The topological polar surface area (TPSA) is 71.5 Å². The summed E-state index contributed by atoms with van der Waals surface area (Å²) in [6.07, 6.45) is -3.69. The number of hydrogen-bond acceptors (Lipinski definition) is 4. The molecule has 0 spiro atoms. The van der Waals surface area contributed by atoms with Crippen molar-refractivity contribution in [1.29, 1.82) is 0 Å². The summed E-state index contributed by atoms with van der Waals surface area (Å²) in [6, 6.07) is 1.51. The van der Waals surface area contributed by atoms with Gasteiger partial charge in [-0.3, -0.25) is 0 Å². The molecule has 0 saturated carbocycles. The number of nitrogens with one attached hydrogen (secondary N) is 1. The highest BCUT2D eigenvalue weighted by Crippen LogP contribution is 2.30. The Hall–Kier alpha value is -1.54. The second kappa shape index (κ2) is 6.95. The van der Waals surface area contributed by atoms with Crippen LogP contribution in [0.1, 0.15) is 28.9 Å². The van der Waals surface area contributed by atoms with Crippen LogP contribution >= 0.6 is 12.4 Å². The van der Waals surface area contributed by atoms with Gasteiger partial charge in [-0.2, -0.15) is 13.2 Å². The van der Waals surface area contributed by atoms with Gasteiger partial charge in [-0.05, 0) is 32.0 Å². The highest BCUT2D eigenvalue weighted by atomic mass is 35.5. The summed E-state index contributed by atoms with van der Waals surface area (Å²) < 4.78 is 43.4. The predicted molar refractivity (Wildman–Crippen MR) is 70.0 cm³/mol. The van der Waals surface area contributed by atoms with Gasteiger partial charge in [0.2, 0.25) is 5.88 Å². The number of carboxylic acid groups (broad SMARTS) is 1. The Bertz CT molecular complexity index is 505. The third-order valence-electron chi connectivity index (χ3n) is 2.91. The summed E-state index contributed by atoms with van der Waals surface area (Å²) in [6.45, 7) is 1.41. The Morgan fingerprint density at radius 1 is 1.33 bits per heavy atom. The summed E-state index contributed by atoms with van der Waals surface area (Å²) in [7, 11) is 0. The first kappa shape index (κ1) is 17.5. The zero-order chi connectivity index (χ0) is 14.8. The third kappa shape index (κ3) is 4.75. The van der Waals surface area contributed by atoms with Crippen LogP contribution in [0.25, 0.3) is 0 Å². The van der Waals surface area contributed by atoms with Crippen molar-refractivity contribution >= 4 is 18.4 Å². The third-order valence-corrected chi connectivity index (χ3v) is 2.91. The highest BCUT2D eigenvalue weighted by molar-refractivity contribution is 5.88. The highest BCUT2D eigenvalue weighted by Gasteiger charge is 2.34. The number of ether oxygens (including phenoxy) is 1. The van der Waals surface area contributed by atoms with Crippen LogP contribution < -0.4 is 10.1 Å². The summed E-state index contributed by atoms with van der Waals surface area (Å²) in [5, 5.41) is 11.9. The molecule has 2 N–H and O–H groups in total. The molecule has 9 heteroatoms. The number of pyridine rings is 1. The fraction of sp³-hybridized carbons (Fsp3) is 0.500. The molecule has 0 amide bonds. The van der Waals surface area contributed by atoms with E-state index in [2.05, 4.69) is 10.3 Å². The molecule has 1 aliphatic heterocycles.